The molecule has 1 rings (SSSR count). The maximum absolute atomic E-state index is 11.9. The van der Waals surface area contributed by atoms with E-state index >= 15 is 0 Å². The van der Waals surface area contributed by atoms with Crippen LogP contribution in [0.15, 0.2) is 24.3 Å². The molecule has 1 aromatic carbocycles. The molecule has 0 aliphatic rings. The first-order chi connectivity index (χ1) is 8.56. The summed E-state index contributed by atoms with van der Waals surface area (Å²) in [5, 5.41) is 2.92. The Morgan fingerprint density at radius 2 is 2.17 bits per heavy atom. The molecule has 0 saturated carbocycles. The summed E-state index contributed by atoms with van der Waals surface area (Å²) in [5.74, 6) is -0.107. The van der Waals surface area contributed by atoms with E-state index in [-0.39, 0.29) is 11.8 Å². The lowest BCUT2D eigenvalue weighted by atomic mass is 10.1. The monoisotopic (exact) mass is 249 g/mol. The summed E-state index contributed by atoms with van der Waals surface area (Å²) >= 11 is 0. The van der Waals surface area contributed by atoms with Crippen LogP contribution < -0.4 is 11.1 Å². The molecular weight excluding hydrogens is 226 g/mol. The van der Waals surface area contributed by atoms with Crippen molar-refractivity contribution in [2.45, 2.75) is 19.9 Å². The molecule has 4 nitrogen and oxygen atoms in total. The number of rotatable bonds is 6. The van der Waals surface area contributed by atoms with Gasteiger partial charge in [-0.15, -0.1) is 0 Å². The Morgan fingerprint density at radius 3 is 2.72 bits per heavy atom. The molecule has 3 N–H and O–H groups in total. The molecule has 1 atom stereocenters. The molecule has 4 heteroatoms. The standard InChI is InChI=1S/C14H23N3O/c1-4-12(9-15)14(18)16-13-7-5-6-11(8-13)10-17(2)3/h5-8,12H,4,9-10,15H2,1-3H3,(H,16,18). The van der Waals surface area contributed by atoms with Crippen LogP contribution in [0.4, 0.5) is 5.69 Å². The third-order valence-corrected chi connectivity index (χ3v) is 2.84. The van der Waals surface area contributed by atoms with Gasteiger partial charge in [0.25, 0.3) is 0 Å². The highest BCUT2D eigenvalue weighted by molar-refractivity contribution is 5.92. The number of nitrogens with one attached hydrogen (secondary N) is 1. The Hall–Kier alpha value is -1.39. The van der Waals surface area contributed by atoms with Gasteiger partial charge in [-0.05, 0) is 38.2 Å². The summed E-state index contributed by atoms with van der Waals surface area (Å²) in [4.78, 5) is 14.0. The fourth-order valence-corrected chi connectivity index (χ4v) is 1.82. The second-order valence-corrected chi connectivity index (χ2v) is 4.77. The summed E-state index contributed by atoms with van der Waals surface area (Å²) in [5.41, 5.74) is 7.58. The van der Waals surface area contributed by atoms with Crippen LogP contribution in [0.3, 0.4) is 0 Å². The zero-order valence-corrected chi connectivity index (χ0v) is 11.4. The normalized spacial score (nSPS) is 12.5. The van der Waals surface area contributed by atoms with Gasteiger partial charge in [0, 0.05) is 18.8 Å². The van der Waals surface area contributed by atoms with Gasteiger partial charge >= 0.3 is 0 Å². The first-order valence-electron chi connectivity index (χ1n) is 6.31. The number of nitrogens with zero attached hydrogens (tertiary/aromatic N) is 1. The van der Waals surface area contributed by atoms with Crippen molar-refractivity contribution < 1.29 is 4.79 Å². The lowest BCUT2D eigenvalue weighted by molar-refractivity contribution is -0.119. The van der Waals surface area contributed by atoms with Crippen molar-refractivity contribution in [1.29, 1.82) is 0 Å². The van der Waals surface area contributed by atoms with Gasteiger partial charge in [0.15, 0.2) is 0 Å². The topological polar surface area (TPSA) is 58.4 Å². The van der Waals surface area contributed by atoms with Crippen LogP contribution in [-0.2, 0) is 11.3 Å². The Morgan fingerprint density at radius 1 is 1.44 bits per heavy atom. The van der Waals surface area contributed by atoms with Crippen LogP contribution in [0.2, 0.25) is 0 Å². The molecule has 0 aliphatic carbocycles. The van der Waals surface area contributed by atoms with Crippen molar-refractivity contribution in [3.8, 4) is 0 Å². The van der Waals surface area contributed by atoms with Crippen LogP contribution in [0.1, 0.15) is 18.9 Å². The maximum Gasteiger partial charge on any atom is 0.228 e. The quantitative estimate of drug-likeness (QED) is 0.806. The highest BCUT2D eigenvalue weighted by atomic mass is 16.1. The highest BCUT2D eigenvalue weighted by Gasteiger charge is 2.14. The van der Waals surface area contributed by atoms with Gasteiger partial charge < -0.3 is 16.0 Å². The summed E-state index contributed by atoms with van der Waals surface area (Å²) in [6.45, 7) is 3.22. The minimum atomic E-state index is -0.109. The molecule has 0 bridgehead atoms. The van der Waals surface area contributed by atoms with Crippen molar-refractivity contribution in [3.05, 3.63) is 29.8 Å². The van der Waals surface area contributed by atoms with Gasteiger partial charge in [0.05, 0.1) is 5.92 Å². The predicted molar refractivity (Wildman–Crippen MR) is 75.3 cm³/mol. The maximum atomic E-state index is 11.9. The van der Waals surface area contributed by atoms with E-state index in [4.69, 9.17) is 5.73 Å². The fraction of sp³-hybridized carbons (Fsp3) is 0.500. The van der Waals surface area contributed by atoms with Crippen molar-refractivity contribution in [2.75, 3.05) is 26.0 Å². The van der Waals surface area contributed by atoms with E-state index in [1.54, 1.807) is 0 Å². The summed E-state index contributed by atoms with van der Waals surface area (Å²) < 4.78 is 0. The average Bonchev–Trinajstić information content (AvgIpc) is 2.30. The number of hydrogen-bond donors (Lipinski definition) is 2. The molecule has 0 saturated heterocycles. The number of benzene rings is 1. The molecule has 0 aromatic heterocycles. The first-order valence-corrected chi connectivity index (χ1v) is 6.31. The molecule has 0 heterocycles. The van der Waals surface area contributed by atoms with Gasteiger partial charge in [-0.25, -0.2) is 0 Å². The number of amides is 1. The SMILES string of the molecule is CCC(CN)C(=O)Nc1cccc(CN(C)C)c1. The van der Waals surface area contributed by atoms with Crippen LogP contribution in [0.25, 0.3) is 0 Å². The molecule has 1 unspecified atom stereocenters. The number of anilines is 1. The summed E-state index contributed by atoms with van der Waals surface area (Å²) in [6.07, 6.45) is 0.764. The number of carbonyl (C=O) groups is 1. The third kappa shape index (κ3) is 4.47. The van der Waals surface area contributed by atoms with Gasteiger partial charge in [0.1, 0.15) is 0 Å². The Labute approximate surface area is 109 Å². The van der Waals surface area contributed by atoms with Crippen molar-refractivity contribution >= 4 is 11.6 Å². The van der Waals surface area contributed by atoms with Crippen LogP contribution in [0, 0.1) is 5.92 Å². The fourth-order valence-electron chi connectivity index (χ4n) is 1.82. The molecule has 18 heavy (non-hydrogen) atoms. The molecule has 100 valence electrons. The van der Waals surface area contributed by atoms with E-state index in [1.165, 1.54) is 5.56 Å². The molecule has 1 amide bonds. The van der Waals surface area contributed by atoms with Crippen LogP contribution in [-0.4, -0.2) is 31.4 Å². The smallest absolute Gasteiger partial charge is 0.228 e. The van der Waals surface area contributed by atoms with Crippen molar-refractivity contribution in [3.63, 3.8) is 0 Å². The lowest BCUT2D eigenvalue weighted by Crippen LogP contribution is -2.28. The van der Waals surface area contributed by atoms with Gasteiger partial charge in [-0.3, -0.25) is 4.79 Å². The number of nitrogens with two attached hydrogens (primary N) is 1. The predicted octanol–water partition coefficient (Wildman–Crippen LogP) is 1.67. The van der Waals surface area contributed by atoms with Crippen LogP contribution >= 0.6 is 0 Å². The summed E-state index contributed by atoms with van der Waals surface area (Å²) in [6, 6.07) is 7.91. The lowest BCUT2D eigenvalue weighted by Gasteiger charge is -2.14. The second kappa shape index (κ2) is 7.13. The summed E-state index contributed by atoms with van der Waals surface area (Å²) in [7, 11) is 4.04. The molecular formula is C14H23N3O. The van der Waals surface area contributed by atoms with E-state index < -0.39 is 0 Å². The second-order valence-electron chi connectivity index (χ2n) is 4.77. The largest absolute Gasteiger partial charge is 0.330 e. The Kier molecular flexibility index (Phi) is 5.82. The zero-order chi connectivity index (χ0) is 13.5. The van der Waals surface area contributed by atoms with Gasteiger partial charge in [-0.1, -0.05) is 19.1 Å². The Bertz CT molecular complexity index is 386. The van der Waals surface area contributed by atoms with Crippen molar-refractivity contribution in [1.82, 2.24) is 4.90 Å². The number of hydrogen-bond acceptors (Lipinski definition) is 3. The van der Waals surface area contributed by atoms with E-state index in [9.17, 15) is 4.79 Å². The average molecular weight is 249 g/mol. The molecule has 0 radical (unpaired) electrons. The zero-order valence-electron chi connectivity index (χ0n) is 11.4. The van der Waals surface area contributed by atoms with Crippen LogP contribution in [0.5, 0.6) is 0 Å². The van der Waals surface area contributed by atoms with E-state index in [1.807, 2.05) is 39.2 Å². The van der Waals surface area contributed by atoms with E-state index in [0.717, 1.165) is 18.7 Å². The van der Waals surface area contributed by atoms with Crippen molar-refractivity contribution in [2.24, 2.45) is 11.7 Å². The van der Waals surface area contributed by atoms with E-state index in [2.05, 4.69) is 16.3 Å². The highest BCUT2D eigenvalue weighted by Crippen LogP contribution is 2.13. The number of carbonyl (C=O) groups excluding carboxylic acids is 1. The molecule has 1 aromatic rings. The Balaban J connectivity index is 2.69. The first kappa shape index (κ1) is 14.7. The van der Waals surface area contributed by atoms with Gasteiger partial charge in [-0.2, -0.15) is 0 Å². The van der Waals surface area contributed by atoms with Gasteiger partial charge in [0.2, 0.25) is 5.91 Å². The minimum Gasteiger partial charge on any atom is -0.330 e. The van der Waals surface area contributed by atoms with E-state index in [0.29, 0.717) is 6.54 Å². The molecule has 0 aliphatic heterocycles. The molecule has 0 fully saturated rings. The molecule has 0 spiro atoms. The minimum absolute atomic E-state index is 0.00185. The third-order valence-electron chi connectivity index (χ3n) is 2.84.